The van der Waals surface area contributed by atoms with Crippen LogP contribution in [0.25, 0.3) is 0 Å². The summed E-state index contributed by atoms with van der Waals surface area (Å²) in [5.74, 6) is 0.954. The van der Waals surface area contributed by atoms with Gasteiger partial charge in [0.1, 0.15) is 0 Å². The maximum atomic E-state index is 14.1. The molecule has 2 aromatic rings. The summed E-state index contributed by atoms with van der Waals surface area (Å²) in [6.07, 6.45) is 3.65. The van der Waals surface area contributed by atoms with Gasteiger partial charge in [0.2, 0.25) is 0 Å². The van der Waals surface area contributed by atoms with E-state index in [1.54, 1.807) is 19.3 Å². The summed E-state index contributed by atoms with van der Waals surface area (Å²) in [6, 6.07) is 12.0. The molecule has 1 unspecified atom stereocenters. The monoisotopic (exact) mass is 424 g/mol. The van der Waals surface area contributed by atoms with Crippen LogP contribution in [0.3, 0.4) is 0 Å². The molecule has 0 radical (unpaired) electrons. The summed E-state index contributed by atoms with van der Waals surface area (Å²) in [7, 11) is 1.80. The van der Waals surface area contributed by atoms with Gasteiger partial charge in [0.15, 0.2) is 17.6 Å². The Balaban J connectivity index is 1.30. The van der Waals surface area contributed by atoms with E-state index in [2.05, 4.69) is 63.6 Å². The predicted molar refractivity (Wildman–Crippen MR) is 124 cm³/mol. The molecule has 1 aromatic heterocycles. The Labute approximate surface area is 184 Å². The summed E-state index contributed by atoms with van der Waals surface area (Å²) in [5.41, 5.74) is 2.89. The van der Waals surface area contributed by atoms with Gasteiger partial charge in [-0.2, -0.15) is 0 Å². The van der Waals surface area contributed by atoms with E-state index in [4.69, 9.17) is 0 Å². The van der Waals surface area contributed by atoms with E-state index in [0.29, 0.717) is 12.4 Å². The molecule has 2 N–H and O–H groups in total. The molecule has 1 atom stereocenters. The van der Waals surface area contributed by atoms with Gasteiger partial charge in [-0.1, -0.05) is 24.3 Å². The van der Waals surface area contributed by atoms with Crippen LogP contribution in [-0.4, -0.2) is 60.7 Å². The van der Waals surface area contributed by atoms with Crippen LogP contribution < -0.4 is 15.5 Å². The molecule has 2 aliphatic rings. The molecule has 1 fully saturated rings. The normalized spacial score (nSPS) is 19.9. The molecular formula is C24H33FN6. The molecule has 7 heteroatoms. The van der Waals surface area contributed by atoms with Crippen molar-refractivity contribution in [3.63, 3.8) is 0 Å². The van der Waals surface area contributed by atoms with E-state index in [1.807, 2.05) is 4.90 Å². The van der Waals surface area contributed by atoms with Crippen LogP contribution in [0.1, 0.15) is 31.4 Å². The zero-order valence-corrected chi connectivity index (χ0v) is 18.7. The van der Waals surface area contributed by atoms with Gasteiger partial charge >= 0.3 is 0 Å². The highest BCUT2D eigenvalue weighted by atomic mass is 19.1. The maximum absolute atomic E-state index is 14.1. The highest BCUT2D eigenvalue weighted by Gasteiger charge is 2.31. The summed E-state index contributed by atoms with van der Waals surface area (Å²) in [6.45, 7) is 8.88. The average Bonchev–Trinajstić information content (AvgIpc) is 3.25. The van der Waals surface area contributed by atoms with E-state index in [0.717, 1.165) is 45.0 Å². The van der Waals surface area contributed by atoms with Crippen molar-refractivity contribution in [1.82, 2.24) is 20.5 Å². The SMILES string of the molecule is CN=C(NCC(C)(C)N1CCc2ccccc2C1)NC1CCN(c2ncccc2F)C1. The van der Waals surface area contributed by atoms with E-state index in [9.17, 15) is 4.39 Å². The van der Waals surface area contributed by atoms with E-state index in [1.165, 1.54) is 17.2 Å². The fraction of sp³-hybridized carbons (Fsp3) is 0.500. The number of anilines is 1. The van der Waals surface area contributed by atoms with Crippen LogP contribution in [0.5, 0.6) is 0 Å². The van der Waals surface area contributed by atoms with Crippen molar-refractivity contribution < 1.29 is 4.39 Å². The Kier molecular flexibility index (Phi) is 6.41. The number of halogens is 1. The first-order chi connectivity index (χ1) is 15.0. The number of aliphatic imine (C=N–C) groups is 1. The third kappa shape index (κ3) is 4.98. The van der Waals surface area contributed by atoms with E-state index < -0.39 is 0 Å². The number of aromatic nitrogens is 1. The van der Waals surface area contributed by atoms with Crippen LogP contribution in [0.2, 0.25) is 0 Å². The van der Waals surface area contributed by atoms with Crippen molar-refractivity contribution in [2.75, 3.05) is 38.1 Å². The summed E-state index contributed by atoms with van der Waals surface area (Å²) < 4.78 is 14.1. The van der Waals surface area contributed by atoms with Gasteiger partial charge in [-0.05, 0) is 49.9 Å². The van der Waals surface area contributed by atoms with Crippen LogP contribution in [-0.2, 0) is 13.0 Å². The molecule has 0 spiro atoms. The number of guanidine groups is 1. The number of nitrogens with zero attached hydrogens (tertiary/aromatic N) is 4. The van der Waals surface area contributed by atoms with Gasteiger partial charge in [0.05, 0.1) is 0 Å². The fourth-order valence-electron chi connectivity index (χ4n) is 4.49. The fourth-order valence-corrected chi connectivity index (χ4v) is 4.49. The molecule has 6 nitrogen and oxygen atoms in total. The van der Waals surface area contributed by atoms with Crippen LogP contribution in [0.15, 0.2) is 47.6 Å². The Morgan fingerprint density at radius 2 is 2.00 bits per heavy atom. The molecule has 1 saturated heterocycles. The molecule has 3 heterocycles. The minimum Gasteiger partial charge on any atom is -0.355 e. The molecule has 4 rings (SSSR count). The minimum atomic E-state index is -0.268. The number of hydrogen-bond donors (Lipinski definition) is 2. The average molecular weight is 425 g/mol. The van der Waals surface area contributed by atoms with Crippen LogP contribution in [0.4, 0.5) is 10.2 Å². The van der Waals surface area contributed by atoms with Gasteiger partial charge in [-0.3, -0.25) is 9.89 Å². The molecule has 2 aliphatic heterocycles. The van der Waals surface area contributed by atoms with Crippen molar-refractivity contribution in [2.24, 2.45) is 4.99 Å². The quantitative estimate of drug-likeness (QED) is 0.571. The minimum absolute atomic E-state index is 0.00997. The lowest BCUT2D eigenvalue weighted by atomic mass is 9.94. The van der Waals surface area contributed by atoms with E-state index in [-0.39, 0.29) is 17.4 Å². The third-order valence-corrected chi connectivity index (χ3v) is 6.47. The Morgan fingerprint density at radius 1 is 1.19 bits per heavy atom. The van der Waals surface area contributed by atoms with E-state index >= 15 is 0 Å². The summed E-state index contributed by atoms with van der Waals surface area (Å²) in [4.78, 5) is 13.2. The van der Waals surface area contributed by atoms with Gasteiger partial charge in [0, 0.05) is 57.5 Å². The number of benzene rings is 1. The Bertz CT molecular complexity index is 928. The maximum Gasteiger partial charge on any atom is 0.191 e. The smallest absolute Gasteiger partial charge is 0.191 e. The summed E-state index contributed by atoms with van der Waals surface area (Å²) >= 11 is 0. The predicted octanol–water partition coefficient (Wildman–Crippen LogP) is 2.80. The second kappa shape index (κ2) is 9.22. The second-order valence-corrected chi connectivity index (χ2v) is 9.06. The molecule has 0 saturated carbocycles. The first-order valence-electron chi connectivity index (χ1n) is 11.1. The molecule has 0 aliphatic carbocycles. The van der Waals surface area contributed by atoms with Crippen LogP contribution in [0, 0.1) is 5.82 Å². The van der Waals surface area contributed by atoms with Crippen molar-refractivity contribution >= 4 is 11.8 Å². The zero-order valence-electron chi connectivity index (χ0n) is 18.7. The lowest BCUT2D eigenvalue weighted by molar-refractivity contribution is 0.107. The first kappa shape index (κ1) is 21.6. The number of nitrogens with one attached hydrogen (secondary N) is 2. The molecule has 0 bridgehead atoms. The topological polar surface area (TPSA) is 55.8 Å². The largest absolute Gasteiger partial charge is 0.355 e. The molecule has 0 amide bonds. The van der Waals surface area contributed by atoms with Crippen LogP contribution >= 0.6 is 0 Å². The lowest BCUT2D eigenvalue weighted by Crippen LogP contribution is -2.55. The highest BCUT2D eigenvalue weighted by Crippen LogP contribution is 2.25. The number of fused-ring (bicyclic) bond motifs is 1. The van der Waals surface area contributed by atoms with Gasteiger partial charge in [0.25, 0.3) is 0 Å². The molecule has 31 heavy (non-hydrogen) atoms. The van der Waals surface area contributed by atoms with Gasteiger partial charge in [-0.15, -0.1) is 0 Å². The van der Waals surface area contributed by atoms with Gasteiger partial charge < -0.3 is 15.5 Å². The number of pyridine rings is 1. The standard InChI is InChI=1S/C24H33FN6/c1-24(2,31-14-10-18-7-4-5-8-19(18)15-31)17-28-23(26-3)29-20-11-13-30(16-20)22-21(25)9-6-12-27-22/h4-9,12,20H,10-11,13-17H2,1-3H3,(H2,26,28,29). The van der Waals surface area contributed by atoms with Crippen molar-refractivity contribution in [3.05, 3.63) is 59.5 Å². The highest BCUT2D eigenvalue weighted by molar-refractivity contribution is 5.80. The van der Waals surface area contributed by atoms with Crippen molar-refractivity contribution in [1.29, 1.82) is 0 Å². The Morgan fingerprint density at radius 3 is 2.77 bits per heavy atom. The second-order valence-electron chi connectivity index (χ2n) is 9.06. The molecular weight excluding hydrogens is 391 g/mol. The van der Waals surface area contributed by atoms with Crippen molar-refractivity contribution in [3.8, 4) is 0 Å². The third-order valence-electron chi connectivity index (χ3n) is 6.47. The number of hydrogen-bond acceptors (Lipinski definition) is 4. The zero-order chi connectivity index (χ0) is 21.8. The first-order valence-corrected chi connectivity index (χ1v) is 11.1. The molecule has 1 aromatic carbocycles. The molecule has 166 valence electrons. The van der Waals surface area contributed by atoms with Crippen molar-refractivity contribution in [2.45, 2.75) is 44.8 Å². The summed E-state index contributed by atoms with van der Waals surface area (Å²) in [5, 5.41) is 7.02. The Hall–Kier alpha value is -2.67. The van der Waals surface area contributed by atoms with Gasteiger partial charge in [-0.25, -0.2) is 9.37 Å². The lowest BCUT2D eigenvalue weighted by Gasteiger charge is -2.42. The number of rotatable bonds is 5.